The third kappa shape index (κ3) is 2.37. The van der Waals surface area contributed by atoms with Gasteiger partial charge in [-0.15, -0.1) is 0 Å². The molecule has 1 rings (SSSR count). The van der Waals surface area contributed by atoms with E-state index in [9.17, 15) is 4.79 Å². The van der Waals surface area contributed by atoms with Crippen LogP contribution in [-0.4, -0.2) is 37.2 Å². The molecule has 0 aromatic heterocycles. The molecule has 0 aromatic carbocycles. The summed E-state index contributed by atoms with van der Waals surface area (Å²) >= 11 is 0. The van der Waals surface area contributed by atoms with Gasteiger partial charge in [0, 0.05) is 19.1 Å². The molecule has 4 heteroatoms. The van der Waals surface area contributed by atoms with Crippen LogP contribution in [0.1, 0.15) is 19.3 Å². The maximum Gasteiger partial charge on any atom is 0.409 e. The van der Waals surface area contributed by atoms with Crippen LogP contribution in [0.3, 0.4) is 0 Å². The highest BCUT2D eigenvalue weighted by atomic mass is 16.5. The number of hydrogen-bond acceptors (Lipinski definition) is 3. The van der Waals surface area contributed by atoms with E-state index >= 15 is 0 Å². The highest BCUT2D eigenvalue weighted by Gasteiger charge is 2.18. The lowest BCUT2D eigenvalue weighted by Gasteiger charge is -2.17. The van der Waals surface area contributed by atoms with Crippen LogP contribution in [0.5, 0.6) is 0 Å². The van der Waals surface area contributed by atoms with Crippen molar-refractivity contribution < 1.29 is 9.53 Å². The minimum absolute atomic E-state index is 0.232. The molecule has 0 saturated carbocycles. The smallest absolute Gasteiger partial charge is 0.409 e. The highest BCUT2D eigenvalue weighted by Crippen LogP contribution is 2.09. The van der Waals surface area contributed by atoms with Crippen molar-refractivity contribution in [1.82, 2.24) is 4.90 Å². The summed E-state index contributed by atoms with van der Waals surface area (Å²) in [6.07, 6.45) is 2.64. The van der Waals surface area contributed by atoms with Crippen molar-refractivity contribution in [3.8, 4) is 0 Å². The van der Waals surface area contributed by atoms with Crippen molar-refractivity contribution >= 4 is 6.09 Å². The minimum atomic E-state index is -0.232. The number of nitrogens with two attached hydrogens (primary N) is 1. The second-order valence-corrected chi connectivity index (χ2v) is 3.15. The standard InChI is InChI=1S/C8H16N2O2/c1-12-8(11)10-5-2-3-7(9)4-6-10/h7H,2-6,9H2,1H3. The Hall–Kier alpha value is -0.770. The first-order chi connectivity index (χ1) is 5.74. The molecule has 1 atom stereocenters. The van der Waals surface area contributed by atoms with Gasteiger partial charge in [-0.3, -0.25) is 0 Å². The van der Waals surface area contributed by atoms with Gasteiger partial charge < -0.3 is 15.4 Å². The molecule has 1 heterocycles. The van der Waals surface area contributed by atoms with Gasteiger partial charge in [0.15, 0.2) is 0 Å². The van der Waals surface area contributed by atoms with Crippen molar-refractivity contribution in [2.24, 2.45) is 5.73 Å². The average Bonchev–Trinajstić information content (AvgIpc) is 2.29. The Kier molecular flexibility index (Phi) is 3.34. The van der Waals surface area contributed by atoms with Crippen LogP contribution in [0.2, 0.25) is 0 Å². The summed E-state index contributed by atoms with van der Waals surface area (Å²) in [4.78, 5) is 12.8. The molecule has 0 bridgehead atoms. The van der Waals surface area contributed by atoms with E-state index in [2.05, 4.69) is 4.74 Å². The summed E-state index contributed by atoms with van der Waals surface area (Å²) in [5, 5.41) is 0. The van der Waals surface area contributed by atoms with Crippen molar-refractivity contribution in [3.05, 3.63) is 0 Å². The first kappa shape index (κ1) is 9.32. The van der Waals surface area contributed by atoms with Crippen LogP contribution in [0.25, 0.3) is 0 Å². The first-order valence-electron chi connectivity index (χ1n) is 4.32. The van der Waals surface area contributed by atoms with Crippen molar-refractivity contribution in [3.63, 3.8) is 0 Å². The molecule has 1 fully saturated rings. The van der Waals surface area contributed by atoms with Crippen LogP contribution in [-0.2, 0) is 4.74 Å². The van der Waals surface area contributed by atoms with Gasteiger partial charge >= 0.3 is 6.09 Å². The molecule has 1 unspecified atom stereocenters. The second kappa shape index (κ2) is 4.30. The molecule has 70 valence electrons. The van der Waals surface area contributed by atoms with Gasteiger partial charge in [0.1, 0.15) is 0 Å². The number of likely N-dealkylation sites (tertiary alicyclic amines) is 1. The lowest BCUT2D eigenvalue weighted by molar-refractivity contribution is 0.125. The van der Waals surface area contributed by atoms with Crippen LogP contribution < -0.4 is 5.73 Å². The molecule has 4 nitrogen and oxygen atoms in total. The van der Waals surface area contributed by atoms with Gasteiger partial charge in [-0.2, -0.15) is 0 Å². The Bertz CT molecular complexity index is 161. The summed E-state index contributed by atoms with van der Waals surface area (Å²) in [5.74, 6) is 0. The van der Waals surface area contributed by atoms with Gasteiger partial charge in [-0.25, -0.2) is 4.79 Å². The van der Waals surface area contributed by atoms with E-state index in [1.165, 1.54) is 7.11 Å². The van der Waals surface area contributed by atoms with Gasteiger partial charge in [-0.1, -0.05) is 0 Å². The Morgan fingerprint density at radius 1 is 1.50 bits per heavy atom. The molecular weight excluding hydrogens is 156 g/mol. The lowest BCUT2D eigenvalue weighted by Crippen LogP contribution is -2.32. The van der Waals surface area contributed by atoms with Gasteiger partial charge in [0.05, 0.1) is 7.11 Å². The average molecular weight is 172 g/mol. The third-order valence-corrected chi connectivity index (χ3v) is 2.21. The third-order valence-electron chi connectivity index (χ3n) is 2.21. The molecule has 2 N–H and O–H groups in total. The number of ether oxygens (including phenoxy) is 1. The number of methoxy groups -OCH3 is 1. The zero-order valence-electron chi connectivity index (χ0n) is 7.45. The fourth-order valence-corrected chi connectivity index (χ4v) is 1.43. The van der Waals surface area contributed by atoms with Crippen LogP contribution >= 0.6 is 0 Å². The van der Waals surface area contributed by atoms with Crippen LogP contribution in [0.4, 0.5) is 4.79 Å². The van der Waals surface area contributed by atoms with Crippen molar-refractivity contribution in [2.45, 2.75) is 25.3 Å². The zero-order chi connectivity index (χ0) is 8.97. The molecule has 1 saturated heterocycles. The fourth-order valence-electron chi connectivity index (χ4n) is 1.43. The van der Waals surface area contributed by atoms with E-state index < -0.39 is 0 Å². The summed E-state index contributed by atoms with van der Waals surface area (Å²) in [5.41, 5.74) is 5.76. The Morgan fingerprint density at radius 2 is 2.25 bits per heavy atom. The van der Waals surface area contributed by atoms with E-state index in [0.717, 1.165) is 32.4 Å². The maximum absolute atomic E-state index is 11.1. The number of rotatable bonds is 0. The predicted octanol–water partition coefficient (Wildman–Crippen LogP) is 0.566. The summed E-state index contributed by atoms with van der Waals surface area (Å²) < 4.78 is 4.63. The number of carbonyl (C=O) groups is 1. The number of hydrogen-bond donors (Lipinski definition) is 1. The quantitative estimate of drug-likeness (QED) is 0.581. The summed E-state index contributed by atoms with van der Waals surface area (Å²) in [7, 11) is 1.41. The van der Waals surface area contributed by atoms with Gasteiger partial charge in [0.25, 0.3) is 0 Å². The highest BCUT2D eigenvalue weighted by molar-refractivity contribution is 5.67. The van der Waals surface area contributed by atoms with E-state index in [1.807, 2.05) is 0 Å². The number of amides is 1. The molecule has 1 aliphatic rings. The molecule has 0 aromatic rings. The molecular formula is C8H16N2O2. The molecule has 0 spiro atoms. The van der Waals surface area contributed by atoms with E-state index in [0.29, 0.717) is 0 Å². The normalized spacial score (nSPS) is 24.8. The first-order valence-corrected chi connectivity index (χ1v) is 4.32. The second-order valence-electron chi connectivity index (χ2n) is 3.15. The van der Waals surface area contributed by atoms with Crippen molar-refractivity contribution in [1.29, 1.82) is 0 Å². The SMILES string of the molecule is COC(=O)N1CCCC(N)CC1. The molecule has 0 radical (unpaired) electrons. The van der Waals surface area contributed by atoms with Gasteiger partial charge in [-0.05, 0) is 19.3 Å². The molecule has 0 aliphatic carbocycles. The molecule has 1 aliphatic heterocycles. The molecule has 12 heavy (non-hydrogen) atoms. The lowest BCUT2D eigenvalue weighted by atomic mass is 10.1. The number of nitrogens with zero attached hydrogens (tertiary/aromatic N) is 1. The Labute approximate surface area is 72.7 Å². The number of carbonyl (C=O) groups excluding carboxylic acids is 1. The Balaban J connectivity index is 2.40. The zero-order valence-corrected chi connectivity index (χ0v) is 7.45. The van der Waals surface area contributed by atoms with E-state index in [-0.39, 0.29) is 12.1 Å². The van der Waals surface area contributed by atoms with Crippen LogP contribution in [0.15, 0.2) is 0 Å². The van der Waals surface area contributed by atoms with Crippen LogP contribution in [0, 0.1) is 0 Å². The predicted molar refractivity (Wildman–Crippen MR) is 45.8 cm³/mol. The maximum atomic E-state index is 11.1. The minimum Gasteiger partial charge on any atom is -0.453 e. The van der Waals surface area contributed by atoms with Crippen molar-refractivity contribution in [2.75, 3.05) is 20.2 Å². The monoisotopic (exact) mass is 172 g/mol. The van der Waals surface area contributed by atoms with E-state index in [4.69, 9.17) is 5.73 Å². The largest absolute Gasteiger partial charge is 0.453 e. The summed E-state index contributed by atoms with van der Waals surface area (Å²) in [6, 6.07) is 0.250. The molecule has 1 amide bonds. The fraction of sp³-hybridized carbons (Fsp3) is 0.875. The summed E-state index contributed by atoms with van der Waals surface area (Å²) in [6.45, 7) is 1.51. The topological polar surface area (TPSA) is 55.6 Å². The Morgan fingerprint density at radius 3 is 2.92 bits per heavy atom. The van der Waals surface area contributed by atoms with Gasteiger partial charge in [0.2, 0.25) is 0 Å². The van der Waals surface area contributed by atoms with E-state index in [1.54, 1.807) is 4.90 Å².